The van der Waals surface area contributed by atoms with E-state index in [1.807, 2.05) is 18.2 Å². The van der Waals surface area contributed by atoms with Crippen LogP contribution in [0, 0.1) is 0 Å². The van der Waals surface area contributed by atoms with Crippen molar-refractivity contribution in [3.63, 3.8) is 0 Å². The Balaban J connectivity index is 4.61. The monoisotopic (exact) mass is 899 g/mol. The predicted molar refractivity (Wildman–Crippen MR) is 279 cm³/mol. The van der Waals surface area contributed by atoms with Crippen LogP contribution in [0.5, 0.6) is 0 Å². The number of hydrogen-bond donors (Lipinski definition) is 0. The molecule has 0 spiro atoms. The van der Waals surface area contributed by atoms with Crippen molar-refractivity contribution in [3.8, 4) is 0 Å². The second-order valence-electron chi connectivity index (χ2n) is 16.7. The zero-order valence-electron chi connectivity index (χ0n) is 41.7. The van der Waals surface area contributed by atoms with Gasteiger partial charge in [-0.15, -0.1) is 0 Å². The van der Waals surface area contributed by atoms with E-state index in [9.17, 15) is 14.4 Å². The van der Waals surface area contributed by atoms with Crippen molar-refractivity contribution >= 4 is 17.9 Å². The quantitative estimate of drug-likeness (QED) is 0.0199. The molecule has 0 fully saturated rings. The highest BCUT2D eigenvalue weighted by Gasteiger charge is 2.19. The standard InChI is InChI=1S/C59H94O6/c1-4-7-10-13-16-19-22-25-27-29-30-32-34-37-40-43-46-49-52-58(61)64-55-56(54-63-57(60)51-48-45-42-39-36-33-24-21-18-15-12-9-6-3)65-59(62)53-50-47-44-41-38-35-31-28-26-23-20-17-14-11-8-5-2/h8,11,17,20,22,25-30,32-33,35-36,38,42,44-45,47,56H,4-7,9-10,12-16,18-19,21,23-24,31,34,37,39-41,43,46,48-55H2,1-3H3/b11-8+,20-17+,25-22+,28-26+,29-27+,32-30+,36-33+,38-35+,45-42+,47-44+. The van der Waals surface area contributed by atoms with E-state index in [1.165, 1.54) is 70.6 Å². The lowest BCUT2D eigenvalue weighted by Crippen LogP contribution is -2.30. The summed E-state index contributed by atoms with van der Waals surface area (Å²) in [6.07, 6.45) is 72.0. The van der Waals surface area contributed by atoms with Gasteiger partial charge in [0.2, 0.25) is 0 Å². The first kappa shape index (κ1) is 60.8. The first-order valence-corrected chi connectivity index (χ1v) is 26.1. The smallest absolute Gasteiger partial charge is 0.306 e. The summed E-state index contributed by atoms with van der Waals surface area (Å²) in [5.41, 5.74) is 0. The van der Waals surface area contributed by atoms with Crippen molar-refractivity contribution in [2.24, 2.45) is 0 Å². The van der Waals surface area contributed by atoms with Crippen LogP contribution in [0.1, 0.15) is 213 Å². The molecule has 0 rings (SSSR count). The average Bonchev–Trinajstić information content (AvgIpc) is 3.30. The Hall–Kier alpha value is -4.19. The predicted octanol–water partition coefficient (Wildman–Crippen LogP) is 17.3. The summed E-state index contributed by atoms with van der Waals surface area (Å²) in [4.78, 5) is 37.9. The summed E-state index contributed by atoms with van der Waals surface area (Å²) in [6.45, 7) is 6.35. The van der Waals surface area contributed by atoms with Gasteiger partial charge < -0.3 is 14.2 Å². The molecule has 366 valence electrons. The molecule has 0 radical (unpaired) electrons. The molecule has 0 saturated heterocycles. The summed E-state index contributed by atoms with van der Waals surface area (Å²) < 4.78 is 16.6. The molecule has 0 N–H and O–H groups in total. The van der Waals surface area contributed by atoms with Gasteiger partial charge in [-0.3, -0.25) is 14.4 Å². The second-order valence-corrected chi connectivity index (χ2v) is 16.7. The minimum Gasteiger partial charge on any atom is -0.462 e. The third-order valence-electron chi connectivity index (χ3n) is 10.5. The van der Waals surface area contributed by atoms with Crippen LogP contribution in [0.4, 0.5) is 0 Å². The summed E-state index contributed by atoms with van der Waals surface area (Å²) in [7, 11) is 0. The first-order valence-electron chi connectivity index (χ1n) is 26.1. The van der Waals surface area contributed by atoms with E-state index in [2.05, 4.69) is 124 Å². The highest BCUT2D eigenvalue weighted by Crippen LogP contribution is 2.11. The molecule has 0 heterocycles. The van der Waals surface area contributed by atoms with Gasteiger partial charge in [-0.2, -0.15) is 0 Å². The Morgan fingerprint density at radius 3 is 1.15 bits per heavy atom. The number of unbranched alkanes of at least 4 members (excludes halogenated alkanes) is 16. The molecular formula is C59H94O6. The largest absolute Gasteiger partial charge is 0.462 e. The van der Waals surface area contributed by atoms with Gasteiger partial charge in [-0.05, 0) is 96.3 Å². The van der Waals surface area contributed by atoms with Crippen LogP contribution in [-0.2, 0) is 28.6 Å². The molecule has 0 aliphatic rings. The lowest BCUT2D eigenvalue weighted by molar-refractivity contribution is -0.166. The zero-order valence-corrected chi connectivity index (χ0v) is 41.7. The summed E-state index contributed by atoms with van der Waals surface area (Å²) >= 11 is 0. The molecule has 0 aliphatic carbocycles. The minimum absolute atomic E-state index is 0.139. The molecule has 6 heteroatoms. The summed E-state index contributed by atoms with van der Waals surface area (Å²) in [5, 5.41) is 0. The number of rotatable bonds is 45. The Morgan fingerprint density at radius 1 is 0.338 bits per heavy atom. The molecule has 6 nitrogen and oxygen atoms in total. The Bertz CT molecular complexity index is 1400. The van der Waals surface area contributed by atoms with E-state index in [0.717, 1.165) is 89.9 Å². The van der Waals surface area contributed by atoms with Crippen LogP contribution in [0.25, 0.3) is 0 Å². The van der Waals surface area contributed by atoms with E-state index >= 15 is 0 Å². The molecule has 0 saturated carbocycles. The fourth-order valence-corrected chi connectivity index (χ4v) is 6.60. The van der Waals surface area contributed by atoms with Crippen LogP contribution < -0.4 is 0 Å². The van der Waals surface area contributed by atoms with Gasteiger partial charge in [0.1, 0.15) is 13.2 Å². The number of hydrogen-bond acceptors (Lipinski definition) is 6. The van der Waals surface area contributed by atoms with Crippen molar-refractivity contribution in [2.45, 2.75) is 219 Å². The SMILES string of the molecule is CC/C=C/C/C=C/C/C=C/C/C=C/C/C=C/CCC(=O)OC(COC(=O)CC/C=C/C/C=C/CCCCCCCC)COC(=O)CCCCCCC/C=C/C=C/C=C/CCCCCCC. The summed E-state index contributed by atoms with van der Waals surface area (Å²) in [5.74, 6) is -1.12. The van der Waals surface area contributed by atoms with Crippen LogP contribution in [-0.4, -0.2) is 37.2 Å². The molecule has 0 aromatic rings. The third kappa shape index (κ3) is 50.7. The Kier molecular flexibility index (Phi) is 49.1. The van der Waals surface area contributed by atoms with Crippen molar-refractivity contribution in [1.82, 2.24) is 0 Å². The third-order valence-corrected chi connectivity index (χ3v) is 10.5. The number of esters is 3. The van der Waals surface area contributed by atoms with Gasteiger partial charge in [0.15, 0.2) is 6.10 Å². The van der Waals surface area contributed by atoms with E-state index < -0.39 is 12.1 Å². The fourth-order valence-electron chi connectivity index (χ4n) is 6.60. The molecule has 0 aliphatic heterocycles. The molecule has 0 aromatic heterocycles. The Labute approximate surface area is 399 Å². The molecule has 1 unspecified atom stereocenters. The lowest BCUT2D eigenvalue weighted by atomic mass is 10.1. The maximum Gasteiger partial charge on any atom is 0.306 e. The van der Waals surface area contributed by atoms with Crippen LogP contribution in [0.3, 0.4) is 0 Å². The lowest BCUT2D eigenvalue weighted by Gasteiger charge is -2.18. The van der Waals surface area contributed by atoms with E-state index in [-0.39, 0.29) is 38.0 Å². The van der Waals surface area contributed by atoms with Crippen LogP contribution >= 0.6 is 0 Å². The van der Waals surface area contributed by atoms with Crippen molar-refractivity contribution in [1.29, 1.82) is 0 Å². The number of ether oxygens (including phenoxy) is 3. The van der Waals surface area contributed by atoms with E-state index in [4.69, 9.17) is 14.2 Å². The highest BCUT2D eigenvalue weighted by atomic mass is 16.6. The minimum atomic E-state index is -0.852. The van der Waals surface area contributed by atoms with Crippen molar-refractivity contribution in [2.75, 3.05) is 13.2 Å². The normalized spacial score (nSPS) is 13.1. The number of carbonyl (C=O) groups excluding carboxylic acids is 3. The Morgan fingerprint density at radius 2 is 0.692 bits per heavy atom. The highest BCUT2D eigenvalue weighted by molar-refractivity contribution is 5.71. The molecule has 65 heavy (non-hydrogen) atoms. The average molecular weight is 899 g/mol. The summed E-state index contributed by atoms with van der Waals surface area (Å²) in [6, 6.07) is 0. The van der Waals surface area contributed by atoms with E-state index in [1.54, 1.807) is 0 Å². The zero-order chi connectivity index (χ0) is 47.2. The maximum absolute atomic E-state index is 12.8. The molecule has 0 aromatic carbocycles. The van der Waals surface area contributed by atoms with Gasteiger partial charge in [0.05, 0.1) is 0 Å². The number of carbonyl (C=O) groups is 3. The van der Waals surface area contributed by atoms with Crippen molar-refractivity contribution < 1.29 is 28.6 Å². The fraction of sp³-hybridized carbons (Fsp3) is 0.610. The number of allylic oxidation sites excluding steroid dienone is 20. The first-order chi connectivity index (χ1) is 32.0. The van der Waals surface area contributed by atoms with Crippen LogP contribution in [0.2, 0.25) is 0 Å². The van der Waals surface area contributed by atoms with Gasteiger partial charge in [0, 0.05) is 19.3 Å². The van der Waals surface area contributed by atoms with E-state index in [0.29, 0.717) is 19.3 Å². The van der Waals surface area contributed by atoms with Crippen LogP contribution in [0.15, 0.2) is 122 Å². The molecule has 0 amide bonds. The van der Waals surface area contributed by atoms with Crippen molar-refractivity contribution in [3.05, 3.63) is 122 Å². The topological polar surface area (TPSA) is 78.9 Å². The molecule has 1 atom stereocenters. The van der Waals surface area contributed by atoms with Gasteiger partial charge in [-0.1, -0.05) is 219 Å². The van der Waals surface area contributed by atoms with Gasteiger partial charge in [0.25, 0.3) is 0 Å². The van der Waals surface area contributed by atoms with Gasteiger partial charge >= 0.3 is 17.9 Å². The second kappa shape index (κ2) is 52.4. The molecule has 0 bridgehead atoms. The van der Waals surface area contributed by atoms with Gasteiger partial charge in [-0.25, -0.2) is 0 Å². The maximum atomic E-state index is 12.8. The molecular weight excluding hydrogens is 805 g/mol.